The van der Waals surface area contributed by atoms with E-state index in [-0.39, 0.29) is 17.6 Å². The maximum atomic E-state index is 12.0. The monoisotopic (exact) mass is 338 g/mol. The van der Waals surface area contributed by atoms with Gasteiger partial charge in [0, 0.05) is 24.0 Å². The standard InChI is InChI=1S/C18H18N4O3/c19-9-15-13-3-1-2-4-14(13)16(22-15)10-20-18(25)21-12-7-5-11(6-8-12)17(23)24/h1-9,16,22H,10,19H2,(H,23,24)(H2,20,21,25)/b15-9-. The van der Waals surface area contributed by atoms with Gasteiger partial charge in [-0.15, -0.1) is 0 Å². The fourth-order valence-corrected chi connectivity index (χ4v) is 2.75. The molecule has 2 aromatic rings. The van der Waals surface area contributed by atoms with E-state index < -0.39 is 5.97 Å². The molecule has 0 aromatic heterocycles. The van der Waals surface area contributed by atoms with Gasteiger partial charge in [0.15, 0.2) is 0 Å². The van der Waals surface area contributed by atoms with Crippen LogP contribution in [0.4, 0.5) is 10.5 Å². The van der Waals surface area contributed by atoms with E-state index in [1.165, 1.54) is 18.3 Å². The molecular formula is C18H18N4O3. The maximum absolute atomic E-state index is 12.0. The molecule has 1 atom stereocenters. The molecule has 1 unspecified atom stereocenters. The van der Waals surface area contributed by atoms with Crippen LogP contribution in [0.5, 0.6) is 0 Å². The second-order valence-electron chi connectivity index (χ2n) is 5.58. The maximum Gasteiger partial charge on any atom is 0.335 e. The Hall–Kier alpha value is -3.48. The number of carboxylic acid groups (broad SMARTS) is 1. The summed E-state index contributed by atoms with van der Waals surface area (Å²) < 4.78 is 0. The normalized spacial score (nSPS) is 16.8. The number of aromatic carboxylic acids is 1. The highest BCUT2D eigenvalue weighted by molar-refractivity contribution is 5.91. The van der Waals surface area contributed by atoms with Crippen molar-refractivity contribution in [1.82, 2.24) is 10.6 Å². The summed E-state index contributed by atoms with van der Waals surface area (Å²) in [6.45, 7) is 0.382. The number of rotatable bonds is 4. The largest absolute Gasteiger partial charge is 0.478 e. The Bertz CT molecular complexity index is 830. The van der Waals surface area contributed by atoms with Crippen molar-refractivity contribution in [3.05, 3.63) is 71.4 Å². The first-order valence-electron chi connectivity index (χ1n) is 7.74. The van der Waals surface area contributed by atoms with E-state index in [0.29, 0.717) is 12.2 Å². The van der Waals surface area contributed by atoms with Crippen molar-refractivity contribution in [2.75, 3.05) is 11.9 Å². The zero-order chi connectivity index (χ0) is 17.8. The molecule has 0 fully saturated rings. The Labute approximate surface area is 144 Å². The summed E-state index contributed by atoms with van der Waals surface area (Å²) in [6, 6.07) is 13.4. The number of amides is 2. The number of fused-ring (bicyclic) bond motifs is 1. The number of carbonyl (C=O) groups is 2. The average Bonchev–Trinajstić information content (AvgIpc) is 2.98. The van der Waals surface area contributed by atoms with E-state index in [1.807, 2.05) is 24.3 Å². The number of carboxylic acids is 1. The van der Waals surface area contributed by atoms with E-state index in [0.717, 1.165) is 16.8 Å². The molecule has 7 heteroatoms. The molecule has 3 rings (SSSR count). The van der Waals surface area contributed by atoms with Crippen LogP contribution in [0.1, 0.15) is 27.5 Å². The van der Waals surface area contributed by atoms with Crippen LogP contribution >= 0.6 is 0 Å². The number of benzene rings is 2. The first-order chi connectivity index (χ1) is 12.1. The zero-order valence-electron chi connectivity index (χ0n) is 13.3. The Morgan fingerprint density at radius 2 is 1.88 bits per heavy atom. The first kappa shape index (κ1) is 16.4. The highest BCUT2D eigenvalue weighted by Gasteiger charge is 2.25. The summed E-state index contributed by atoms with van der Waals surface area (Å²) in [4.78, 5) is 22.9. The molecule has 2 aromatic carbocycles. The topological polar surface area (TPSA) is 116 Å². The van der Waals surface area contributed by atoms with Crippen LogP contribution in [0.15, 0.2) is 54.7 Å². The van der Waals surface area contributed by atoms with Gasteiger partial charge in [-0.1, -0.05) is 24.3 Å². The van der Waals surface area contributed by atoms with Crippen molar-refractivity contribution in [2.45, 2.75) is 6.04 Å². The van der Waals surface area contributed by atoms with Crippen molar-refractivity contribution in [3.63, 3.8) is 0 Å². The van der Waals surface area contributed by atoms with E-state index >= 15 is 0 Å². The minimum atomic E-state index is -1.01. The van der Waals surface area contributed by atoms with Crippen LogP contribution in [-0.2, 0) is 0 Å². The Kier molecular flexibility index (Phi) is 4.56. The summed E-state index contributed by atoms with van der Waals surface area (Å²) in [5.74, 6) is -1.01. The summed E-state index contributed by atoms with van der Waals surface area (Å²) >= 11 is 0. The zero-order valence-corrected chi connectivity index (χ0v) is 13.3. The third-order valence-corrected chi connectivity index (χ3v) is 3.98. The van der Waals surface area contributed by atoms with Crippen molar-refractivity contribution in [3.8, 4) is 0 Å². The number of carbonyl (C=O) groups excluding carboxylic acids is 1. The number of nitrogens with two attached hydrogens (primary N) is 1. The lowest BCUT2D eigenvalue weighted by atomic mass is 10.0. The molecule has 1 aliphatic rings. The van der Waals surface area contributed by atoms with E-state index in [9.17, 15) is 9.59 Å². The lowest BCUT2D eigenvalue weighted by molar-refractivity contribution is 0.0697. The lowest BCUT2D eigenvalue weighted by Gasteiger charge is -2.14. The summed E-state index contributed by atoms with van der Waals surface area (Å²) in [5, 5.41) is 17.6. The molecule has 2 amide bonds. The summed E-state index contributed by atoms with van der Waals surface area (Å²) in [5.41, 5.74) is 9.26. The molecule has 128 valence electrons. The predicted molar refractivity (Wildman–Crippen MR) is 94.9 cm³/mol. The fourth-order valence-electron chi connectivity index (χ4n) is 2.75. The number of nitrogens with one attached hydrogen (secondary N) is 3. The van der Waals surface area contributed by atoms with Gasteiger partial charge in [-0.3, -0.25) is 0 Å². The van der Waals surface area contributed by atoms with E-state index in [1.54, 1.807) is 12.1 Å². The fraction of sp³-hybridized carbons (Fsp3) is 0.111. The highest BCUT2D eigenvalue weighted by Crippen LogP contribution is 2.31. The second kappa shape index (κ2) is 6.96. The first-order valence-corrected chi connectivity index (χ1v) is 7.74. The van der Waals surface area contributed by atoms with E-state index in [4.69, 9.17) is 10.8 Å². The van der Waals surface area contributed by atoms with Crippen LogP contribution in [0.3, 0.4) is 0 Å². The van der Waals surface area contributed by atoms with Crippen LogP contribution in [0.2, 0.25) is 0 Å². The average molecular weight is 338 g/mol. The van der Waals surface area contributed by atoms with Gasteiger partial charge in [0.25, 0.3) is 0 Å². The Balaban J connectivity index is 1.59. The van der Waals surface area contributed by atoms with Crippen LogP contribution in [0, 0.1) is 0 Å². The Morgan fingerprint density at radius 1 is 1.16 bits per heavy atom. The minimum Gasteiger partial charge on any atom is -0.478 e. The molecule has 0 saturated heterocycles. The molecule has 7 nitrogen and oxygen atoms in total. The number of hydrogen-bond donors (Lipinski definition) is 5. The quantitative estimate of drug-likeness (QED) is 0.585. The SMILES string of the molecule is N/C=C1\NC(CNC(=O)Nc2ccc(C(=O)O)cc2)c2ccccc21. The molecule has 0 saturated carbocycles. The number of urea groups is 1. The molecular weight excluding hydrogens is 320 g/mol. The molecule has 1 heterocycles. The molecule has 0 bridgehead atoms. The van der Waals surface area contributed by atoms with Gasteiger partial charge >= 0.3 is 12.0 Å². The van der Waals surface area contributed by atoms with Gasteiger partial charge in [-0.2, -0.15) is 0 Å². The lowest BCUT2D eigenvalue weighted by Crippen LogP contribution is -2.34. The Morgan fingerprint density at radius 3 is 2.56 bits per heavy atom. The van der Waals surface area contributed by atoms with Gasteiger partial charge in [0.1, 0.15) is 0 Å². The third-order valence-electron chi connectivity index (χ3n) is 3.98. The van der Waals surface area contributed by atoms with Crippen molar-refractivity contribution < 1.29 is 14.7 Å². The third kappa shape index (κ3) is 3.55. The summed E-state index contributed by atoms with van der Waals surface area (Å²) in [6.07, 6.45) is 1.52. The molecule has 1 aliphatic heterocycles. The summed E-state index contributed by atoms with van der Waals surface area (Å²) in [7, 11) is 0. The molecule has 6 N–H and O–H groups in total. The van der Waals surface area contributed by atoms with Crippen molar-refractivity contribution >= 4 is 23.4 Å². The van der Waals surface area contributed by atoms with Gasteiger partial charge < -0.3 is 26.8 Å². The van der Waals surface area contributed by atoms with E-state index in [2.05, 4.69) is 16.0 Å². The van der Waals surface area contributed by atoms with Gasteiger partial charge in [0.05, 0.1) is 17.3 Å². The van der Waals surface area contributed by atoms with Crippen molar-refractivity contribution in [1.29, 1.82) is 0 Å². The van der Waals surface area contributed by atoms with Gasteiger partial charge in [0.2, 0.25) is 0 Å². The number of hydrogen-bond acceptors (Lipinski definition) is 4. The van der Waals surface area contributed by atoms with Crippen molar-refractivity contribution in [2.24, 2.45) is 5.73 Å². The molecule has 0 aliphatic carbocycles. The molecule has 0 spiro atoms. The minimum absolute atomic E-state index is 0.0638. The van der Waals surface area contributed by atoms with Gasteiger partial charge in [-0.05, 0) is 29.8 Å². The smallest absolute Gasteiger partial charge is 0.335 e. The van der Waals surface area contributed by atoms with Gasteiger partial charge in [-0.25, -0.2) is 9.59 Å². The molecule has 25 heavy (non-hydrogen) atoms. The predicted octanol–water partition coefficient (Wildman–Crippen LogP) is 2.11. The highest BCUT2D eigenvalue weighted by atomic mass is 16.4. The van der Waals surface area contributed by atoms with Crippen LogP contribution in [0.25, 0.3) is 5.70 Å². The van der Waals surface area contributed by atoms with Crippen LogP contribution in [-0.4, -0.2) is 23.7 Å². The van der Waals surface area contributed by atoms with Crippen LogP contribution < -0.4 is 21.7 Å². The molecule has 0 radical (unpaired) electrons. The number of anilines is 1. The second-order valence-corrected chi connectivity index (χ2v) is 5.58.